The largest absolute Gasteiger partial charge is 0.497 e. The standard InChI is InChI=1S/C24H17N3O7/c1-34-18-12-8-15(9-13-18)21(28)14-25(22(29)16-6-10-17(11-7-16)27(32)33)26-23(30)19-4-2-3-5-20(19)24(26)31/h2-13H,14H2,1H3. The lowest BCUT2D eigenvalue weighted by Gasteiger charge is -2.29. The van der Waals surface area contributed by atoms with Gasteiger partial charge >= 0.3 is 0 Å². The van der Waals surface area contributed by atoms with Crippen LogP contribution in [0, 0.1) is 10.1 Å². The Kier molecular flexibility index (Phi) is 5.88. The molecule has 4 rings (SSSR count). The number of hydrogen-bond acceptors (Lipinski definition) is 7. The topological polar surface area (TPSA) is 127 Å². The van der Waals surface area contributed by atoms with Crippen LogP contribution >= 0.6 is 0 Å². The Morgan fingerprint density at radius 1 is 0.882 bits per heavy atom. The van der Waals surface area contributed by atoms with Crippen LogP contribution in [0.4, 0.5) is 5.69 Å². The number of nitrogens with zero attached hydrogens (tertiary/aromatic N) is 3. The molecule has 0 bridgehead atoms. The number of carbonyl (C=O) groups excluding carboxylic acids is 4. The van der Waals surface area contributed by atoms with Crippen LogP contribution in [0.3, 0.4) is 0 Å². The maximum Gasteiger partial charge on any atom is 0.280 e. The summed E-state index contributed by atoms with van der Waals surface area (Å²) in [6.07, 6.45) is 0. The lowest BCUT2D eigenvalue weighted by molar-refractivity contribution is -0.384. The number of Topliss-reactive ketones (excluding diaryl/α,β-unsaturated/α-hetero) is 1. The SMILES string of the molecule is COc1ccc(C(=O)CN(C(=O)c2ccc([N+](=O)[O-])cc2)N2C(=O)c3ccccc3C2=O)cc1. The highest BCUT2D eigenvalue weighted by Gasteiger charge is 2.42. The van der Waals surface area contributed by atoms with E-state index in [9.17, 15) is 29.3 Å². The van der Waals surface area contributed by atoms with Gasteiger partial charge in [0.05, 0.1) is 23.2 Å². The molecule has 3 amide bonds. The van der Waals surface area contributed by atoms with Crippen LogP contribution in [0.25, 0.3) is 0 Å². The zero-order valence-electron chi connectivity index (χ0n) is 17.8. The van der Waals surface area contributed by atoms with E-state index in [1.807, 2.05) is 0 Å². The van der Waals surface area contributed by atoms with E-state index in [0.29, 0.717) is 10.8 Å². The Morgan fingerprint density at radius 2 is 1.41 bits per heavy atom. The maximum absolute atomic E-state index is 13.4. The highest BCUT2D eigenvalue weighted by atomic mass is 16.6. The lowest BCUT2D eigenvalue weighted by atomic mass is 10.1. The van der Waals surface area contributed by atoms with E-state index >= 15 is 0 Å². The Hall–Kier alpha value is -4.86. The molecule has 1 aliphatic heterocycles. The molecule has 0 spiro atoms. The first-order valence-corrected chi connectivity index (χ1v) is 10.0. The van der Waals surface area contributed by atoms with Gasteiger partial charge in [0, 0.05) is 23.3 Å². The lowest BCUT2D eigenvalue weighted by Crippen LogP contribution is -2.51. The van der Waals surface area contributed by atoms with Crippen LogP contribution in [-0.4, -0.2) is 52.1 Å². The number of ether oxygens (including phenoxy) is 1. The van der Waals surface area contributed by atoms with Crippen molar-refractivity contribution in [1.82, 2.24) is 10.0 Å². The highest BCUT2D eigenvalue weighted by molar-refractivity contribution is 6.22. The second kappa shape index (κ2) is 8.94. The molecular weight excluding hydrogens is 442 g/mol. The van der Waals surface area contributed by atoms with Gasteiger partial charge in [-0.2, -0.15) is 5.01 Å². The molecule has 0 radical (unpaired) electrons. The van der Waals surface area contributed by atoms with Gasteiger partial charge in [0.15, 0.2) is 5.78 Å². The van der Waals surface area contributed by atoms with Crippen molar-refractivity contribution in [1.29, 1.82) is 0 Å². The van der Waals surface area contributed by atoms with Crippen molar-refractivity contribution >= 4 is 29.2 Å². The number of rotatable bonds is 7. The summed E-state index contributed by atoms with van der Waals surface area (Å²) >= 11 is 0. The Balaban J connectivity index is 1.71. The van der Waals surface area contributed by atoms with Crippen LogP contribution in [0.1, 0.15) is 41.4 Å². The summed E-state index contributed by atoms with van der Waals surface area (Å²) in [5.41, 5.74) is 0.165. The average molecular weight is 459 g/mol. The van der Waals surface area contributed by atoms with Gasteiger partial charge in [-0.25, -0.2) is 5.01 Å². The van der Waals surface area contributed by atoms with E-state index in [2.05, 4.69) is 0 Å². The molecule has 10 nitrogen and oxygen atoms in total. The third-order valence-corrected chi connectivity index (χ3v) is 5.28. The Bertz CT molecular complexity index is 1280. The smallest absolute Gasteiger partial charge is 0.280 e. The molecule has 1 aliphatic rings. The minimum absolute atomic E-state index is 0.0373. The monoisotopic (exact) mass is 459 g/mol. The summed E-state index contributed by atoms with van der Waals surface area (Å²) in [7, 11) is 1.48. The van der Waals surface area contributed by atoms with Crippen molar-refractivity contribution < 1.29 is 28.8 Å². The van der Waals surface area contributed by atoms with Gasteiger partial charge in [-0.1, -0.05) is 12.1 Å². The molecule has 170 valence electrons. The van der Waals surface area contributed by atoms with Crippen molar-refractivity contribution in [3.63, 3.8) is 0 Å². The molecule has 0 unspecified atom stereocenters. The molecule has 1 heterocycles. The molecule has 0 saturated carbocycles. The second-order valence-corrected chi connectivity index (χ2v) is 7.29. The van der Waals surface area contributed by atoms with Crippen LogP contribution in [-0.2, 0) is 0 Å². The molecule has 0 saturated heterocycles. The van der Waals surface area contributed by atoms with Crippen LogP contribution in [0.2, 0.25) is 0 Å². The number of benzene rings is 3. The third kappa shape index (κ3) is 3.99. The van der Waals surface area contributed by atoms with Crippen LogP contribution in [0.5, 0.6) is 5.75 Å². The van der Waals surface area contributed by atoms with E-state index < -0.39 is 35.0 Å². The summed E-state index contributed by atoms with van der Waals surface area (Å²) < 4.78 is 5.08. The summed E-state index contributed by atoms with van der Waals surface area (Å²) in [4.78, 5) is 62.7. The summed E-state index contributed by atoms with van der Waals surface area (Å²) in [6.45, 7) is -0.617. The number of methoxy groups -OCH3 is 1. The quantitative estimate of drug-likeness (QED) is 0.230. The third-order valence-electron chi connectivity index (χ3n) is 5.28. The number of amides is 3. The van der Waals surface area contributed by atoms with Crippen molar-refractivity contribution in [2.45, 2.75) is 0 Å². The highest BCUT2D eigenvalue weighted by Crippen LogP contribution is 2.26. The molecule has 0 atom stereocenters. The van der Waals surface area contributed by atoms with E-state index in [0.717, 1.165) is 17.1 Å². The number of nitro groups is 1. The fraction of sp³-hybridized carbons (Fsp3) is 0.0833. The number of fused-ring (bicyclic) bond motifs is 1. The number of non-ortho nitro benzene ring substituents is 1. The predicted molar refractivity (Wildman–Crippen MR) is 118 cm³/mol. The van der Waals surface area contributed by atoms with Gasteiger partial charge in [0.1, 0.15) is 12.3 Å². The van der Waals surface area contributed by atoms with Crippen LogP contribution in [0.15, 0.2) is 72.8 Å². The number of hydrogen-bond donors (Lipinski definition) is 0. The molecule has 34 heavy (non-hydrogen) atoms. The molecule has 0 aliphatic carbocycles. The average Bonchev–Trinajstić information content (AvgIpc) is 3.12. The summed E-state index contributed by atoms with van der Waals surface area (Å²) in [5.74, 6) is -2.35. The van der Waals surface area contributed by atoms with Crippen molar-refractivity contribution in [3.8, 4) is 5.75 Å². The minimum atomic E-state index is -0.841. The number of imide groups is 1. The number of ketones is 1. The van der Waals surface area contributed by atoms with Gasteiger partial charge in [0.2, 0.25) is 0 Å². The summed E-state index contributed by atoms with van der Waals surface area (Å²) in [6, 6.07) is 16.8. The maximum atomic E-state index is 13.4. The first-order valence-electron chi connectivity index (χ1n) is 10.0. The van der Waals surface area contributed by atoms with E-state index in [1.54, 1.807) is 24.3 Å². The first kappa shape index (κ1) is 22.3. The fourth-order valence-corrected chi connectivity index (χ4v) is 3.51. The number of hydrazine groups is 1. The zero-order chi connectivity index (χ0) is 24.4. The van der Waals surface area contributed by atoms with Crippen LogP contribution < -0.4 is 4.74 Å². The molecule has 10 heteroatoms. The number of nitro benzene ring substituents is 1. The van der Waals surface area contributed by atoms with Gasteiger partial charge in [0.25, 0.3) is 23.4 Å². The minimum Gasteiger partial charge on any atom is -0.497 e. The summed E-state index contributed by atoms with van der Waals surface area (Å²) in [5, 5.41) is 12.3. The van der Waals surface area contributed by atoms with E-state index in [4.69, 9.17) is 4.74 Å². The zero-order valence-corrected chi connectivity index (χ0v) is 17.8. The van der Waals surface area contributed by atoms with E-state index in [-0.39, 0.29) is 27.9 Å². The Morgan fingerprint density at radius 3 is 1.91 bits per heavy atom. The van der Waals surface area contributed by atoms with Crippen molar-refractivity contribution in [2.75, 3.05) is 13.7 Å². The fourth-order valence-electron chi connectivity index (χ4n) is 3.51. The van der Waals surface area contributed by atoms with Gasteiger partial charge in [-0.05, 0) is 48.5 Å². The predicted octanol–water partition coefficient (Wildman–Crippen LogP) is 3.14. The molecular formula is C24H17N3O7. The molecule has 0 N–H and O–H groups in total. The molecule has 3 aromatic rings. The first-order chi connectivity index (χ1) is 16.3. The van der Waals surface area contributed by atoms with Gasteiger partial charge in [-0.3, -0.25) is 29.3 Å². The normalized spacial score (nSPS) is 12.3. The van der Waals surface area contributed by atoms with Gasteiger partial charge in [-0.15, -0.1) is 0 Å². The van der Waals surface area contributed by atoms with Crippen molar-refractivity contribution in [3.05, 3.63) is 105 Å². The number of carbonyl (C=O) groups is 4. The second-order valence-electron chi connectivity index (χ2n) is 7.29. The Labute approximate surface area is 193 Å². The molecule has 0 aromatic heterocycles. The molecule has 0 fully saturated rings. The molecule has 3 aromatic carbocycles. The van der Waals surface area contributed by atoms with Gasteiger partial charge < -0.3 is 4.74 Å². The van der Waals surface area contributed by atoms with E-state index in [1.165, 1.54) is 43.5 Å². The van der Waals surface area contributed by atoms with Crippen molar-refractivity contribution in [2.24, 2.45) is 0 Å².